The Morgan fingerprint density at radius 2 is 1.89 bits per heavy atom. The lowest BCUT2D eigenvalue weighted by Gasteiger charge is -2.45. The maximum atomic E-state index is 13.9. The number of pyridine rings is 1. The molecule has 3 aromatic heterocycles. The van der Waals surface area contributed by atoms with E-state index < -0.39 is 5.54 Å². The van der Waals surface area contributed by atoms with E-state index in [-0.39, 0.29) is 12.1 Å². The minimum atomic E-state index is -0.467. The highest BCUT2D eigenvalue weighted by Crippen LogP contribution is 2.37. The van der Waals surface area contributed by atoms with Crippen molar-refractivity contribution in [2.45, 2.75) is 50.7 Å². The van der Waals surface area contributed by atoms with Gasteiger partial charge in [0, 0.05) is 61.2 Å². The quantitative estimate of drug-likeness (QED) is 0.233. The Labute approximate surface area is 262 Å². The van der Waals surface area contributed by atoms with Gasteiger partial charge in [-0.3, -0.25) is 9.58 Å². The molecular weight excluding hydrogens is 568 g/mol. The first-order valence-electron chi connectivity index (χ1n) is 15.3. The van der Waals surface area contributed by atoms with E-state index in [0.29, 0.717) is 42.2 Å². The second-order valence-electron chi connectivity index (χ2n) is 12.1. The number of aromatic nitrogens is 5. The fourth-order valence-corrected chi connectivity index (χ4v) is 5.84. The molecule has 0 bridgehead atoms. The summed E-state index contributed by atoms with van der Waals surface area (Å²) in [6.07, 6.45) is 10.2. The topological polar surface area (TPSA) is 146 Å². The zero-order chi connectivity index (χ0) is 31.2. The Balaban J connectivity index is 1.16. The highest BCUT2D eigenvalue weighted by atomic mass is 16.5. The van der Waals surface area contributed by atoms with Gasteiger partial charge in [-0.15, -0.1) is 0 Å². The first-order chi connectivity index (χ1) is 21.9. The molecule has 2 fully saturated rings. The number of nitrogens with one attached hydrogen (secondary N) is 3. The van der Waals surface area contributed by atoms with Crippen LogP contribution in [0.5, 0.6) is 0 Å². The first-order valence-corrected chi connectivity index (χ1v) is 15.3. The van der Waals surface area contributed by atoms with E-state index >= 15 is 0 Å². The Kier molecular flexibility index (Phi) is 8.89. The van der Waals surface area contributed by atoms with Gasteiger partial charge in [0.25, 0.3) is 0 Å². The predicted molar refractivity (Wildman–Crippen MR) is 171 cm³/mol. The van der Waals surface area contributed by atoms with Gasteiger partial charge < -0.3 is 20.7 Å². The van der Waals surface area contributed by atoms with E-state index in [9.17, 15) is 10.1 Å². The fourth-order valence-electron chi connectivity index (χ4n) is 5.84. The summed E-state index contributed by atoms with van der Waals surface area (Å²) < 4.78 is 7.01. The van der Waals surface area contributed by atoms with Crippen LogP contribution in [0.15, 0.2) is 67.3 Å². The highest BCUT2D eigenvalue weighted by Gasteiger charge is 2.41. The number of ether oxygens (including phenoxy) is 1. The number of rotatable bonds is 10. The van der Waals surface area contributed by atoms with E-state index in [1.807, 2.05) is 60.6 Å². The van der Waals surface area contributed by atoms with Crippen LogP contribution in [0.25, 0.3) is 11.1 Å². The zero-order valence-electron chi connectivity index (χ0n) is 25.6. The molecule has 2 aliphatic rings. The van der Waals surface area contributed by atoms with Crippen LogP contribution in [0.3, 0.4) is 0 Å². The van der Waals surface area contributed by atoms with Gasteiger partial charge in [-0.25, -0.2) is 14.8 Å². The lowest BCUT2D eigenvalue weighted by atomic mass is 9.79. The number of nitriles is 1. The molecule has 0 atom stereocenters. The molecule has 12 heteroatoms. The molecule has 1 aliphatic carbocycles. The molecule has 1 saturated heterocycles. The normalized spacial score (nSPS) is 19.6. The van der Waals surface area contributed by atoms with Crippen LogP contribution in [0.2, 0.25) is 0 Å². The van der Waals surface area contributed by atoms with Crippen molar-refractivity contribution in [2.24, 2.45) is 13.0 Å². The standard InChI is InChI=1S/C33H38N10O2/c1-33(12-10-28(11-13-33)40-31-37-18-26(14-34)30(41-31)36-16-24-21-45-22-24)43(32(44)38-15-23-6-4-3-5-7-23)29-9-8-25(17-35-29)27-19-39-42(2)20-27/h3-9,17-20,24,28H,10-13,15-16,21-22H2,1-2H3,(H,38,44)(H2,36,37,40,41). The smallest absolute Gasteiger partial charge is 0.323 e. The van der Waals surface area contributed by atoms with E-state index in [1.54, 1.807) is 23.3 Å². The number of urea groups is 1. The summed E-state index contributed by atoms with van der Waals surface area (Å²) in [4.78, 5) is 29.5. The van der Waals surface area contributed by atoms with Gasteiger partial charge in [0.2, 0.25) is 5.95 Å². The van der Waals surface area contributed by atoms with Gasteiger partial charge in [0.1, 0.15) is 23.3 Å². The second-order valence-corrected chi connectivity index (χ2v) is 12.1. The molecule has 0 spiro atoms. The average Bonchev–Trinajstić information content (AvgIpc) is 3.48. The van der Waals surface area contributed by atoms with E-state index in [2.05, 4.69) is 44.0 Å². The van der Waals surface area contributed by atoms with Crippen LogP contribution in [0, 0.1) is 17.2 Å². The molecule has 12 nitrogen and oxygen atoms in total. The zero-order valence-corrected chi connectivity index (χ0v) is 25.6. The van der Waals surface area contributed by atoms with Crippen molar-refractivity contribution in [2.75, 3.05) is 35.3 Å². The number of amides is 2. The van der Waals surface area contributed by atoms with Gasteiger partial charge in [-0.1, -0.05) is 30.3 Å². The van der Waals surface area contributed by atoms with E-state index in [0.717, 1.165) is 55.6 Å². The third-order valence-electron chi connectivity index (χ3n) is 8.62. The molecule has 1 aliphatic heterocycles. The van der Waals surface area contributed by atoms with Crippen LogP contribution in [-0.2, 0) is 18.3 Å². The van der Waals surface area contributed by atoms with Crippen molar-refractivity contribution in [1.29, 1.82) is 5.26 Å². The van der Waals surface area contributed by atoms with E-state index in [1.165, 1.54) is 0 Å². The molecule has 3 N–H and O–H groups in total. The van der Waals surface area contributed by atoms with Crippen LogP contribution in [-0.4, -0.2) is 62.1 Å². The highest BCUT2D eigenvalue weighted by molar-refractivity contribution is 5.92. The largest absolute Gasteiger partial charge is 0.381 e. The molecule has 1 saturated carbocycles. The molecule has 4 heterocycles. The summed E-state index contributed by atoms with van der Waals surface area (Å²) in [7, 11) is 1.88. The summed E-state index contributed by atoms with van der Waals surface area (Å²) in [5.41, 5.74) is 2.88. The Bertz CT molecular complexity index is 1640. The number of carbonyl (C=O) groups excluding carboxylic acids is 1. The number of hydrogen-bond donors (Lipinski definition) is 3. The average molecular weight is 607 g/mol. The SMILES string of the molecule is Cn1cc(-c2ccc(N(C(=O)NCc3ccccc3)C3(C)CCC(Nc4ncc(C#N)c(NCC5COC5)n4)CC3)nc2)cn1. The Morgan fingerprint density at radius 3 is 2.53 bits per heavy atom. The monoisotopic (exact) mass is 606 g/mol. The van der Waals surface area contributed by atoms with Gasteiger partial charge in [0.15, 0.2) is 0 Å². The number of benzene rings is 1. The molecular formula is C33H38N10O2. The van der Waals surface area contributed by atoms with Crippen molar-refractivity contribution < 1.29 is 9.53 Å². The number of hydrogen-bond acceptors (Lipinski definition) is 9. The van der Waals surface area contributed by atoms with Gasteiger partial charge in [-0.2, -0.15) is 15.3 Å². The summed E-state index contributed by atoms with van der Waals surface area (Å²) in [5, 5.41) is 23.7. The molecule has 1 aromatic carbocycles. The van der Waals surface area contributed by atoms with Gasteiger partial charge in [-0.05, 0) is 50.3 Å². The van der Waals surface area contributed by atoms with Crippen molar-refractivity contribution in [3.05, 3.63) is 78.4 Å². The van der Waals surface area contributed by atoms with Crippen LogP contribution in [0.1, 0.15) is 43.7 Å². The molecule has 4 aromatic rings. The maximum Gasteiger partial charge on any atom is 0.323 e. The molecule has 45 heavy (non-hydrogen) atoms. The van der Waals surface area contributed by atoms with Crippen LogP contribution >= 0.6 is 0 Å². The molecule has 232 valence electrons. The lowest BCUT2D eigenvalue weighted by molar-refractivity contribution is -0.0248. The molecule has 2 amide bonds. The third kappa shape index (κ3) is 7.05. The van der Waals surface area contributed by atoms with Gasteiger partial charge in [0.05, 0.1) is 25.6 Å². The first kappa shape index (κ1) is 30.0. The van der Waals surface area contributed by atoms with Crippen molar-refractivity contribution in [3.8, 4) is 17.2 Å². The van der Waals surface area contributed by atoms with Gasteiger partial charge >= 0.3 is 6.03 Å². The number of carbonyl (C=O) groups is 1. The van der Waals surface area contributed by atoms with Crippen molar-refractivity contribution in [3.63, 3.8) is 0 Å². The van der Waals surface area contributed by atoms with Crippen LogP contribution < -0.4 is 20.9 Å². The maximum absolute atomic E-state index is 13.9. The molecule has 0 radical (unpaired) electrons. The molecule has 0 unspecified atom stereocenters. The minimum absolute atomic E-state index is 0.119. The summed E-state index contributed by atoms with van der Waals surface area (Å²) in [6, 6.07) is 15.9. The summed E-state index contributed by atoms with van der Waals surface area (Å²) in [6.45, 7) is 4.69. The minimum Gasteiger partial charge on any atom is -0.381 e. The fraction of sp³-hybridized carbons (Fsp3) is 0.394. The predicted octanol–water partition coefficient (Wildman–Crippen LogP) is 4.73. The lowest BCUT2D eigenvalue weighted by Crippen LogP contribution is -2.56. The van der Waals surface area contributed by atoms with Crippen LogP contribution in [0.4, 0.5) is 22.4 Å². The summed E-state index contributed by atoms with van der Waals surface area (Å²) >= 11 is 0. The number of anilines is 3. The van der Waals surface area contributed by atoms with E-state index in [4.69, 9.17) is 9.72 Å². The van der Waals surface area contributed by atoms with Crippen molar-refractivity contribution >= 4 is 23.6 Å². The van der Waals surface area contributed by atoms with Crippen molar-refractivity contribution in [1.82, 2.24) is 30.0 Å². The number of nitrogens with zero attached hydrogens (tertiary/aromatic N) is 7. The Hall–Kier alpha value is -5.02. The summed E-state index contributed by atoms with van der Waals surface area (Å²) in [5.74, 6) is 2.04. The Morgan fingerprint density at radius 1 is 1.09 bits per heavy atom. The molecule has 6 rings (SSSR count). The second kappa shape index (κ2) is 13.3. The number of aryl methyl sites for hydroxylation is 1. The third-order valence-corrected chi connectivity index (χ3v) is 8.62.